The van der Waals surface area contributed by atoms with E-state index in [4.69, 9.17) is 19.9 Å². The van der Waals surface area contributed by atoms with Crippen LogP contribution < -0.4 is 25.8 Å². The summed E-state index contributed by atoms with van der Waals surface area (Å²) in [5.74, 6) is 1.19. The third-order valence-electron chi connectivity index (χ3n) is 2.89. The first kappa shape index (κ1) is 18.7. The molecule has 0 saturated heterocycles. The normalized spacial score (nSPS) is 10.8. The molecule has 0 aliphatic carbocycles. The van der Waals surface area contributed by atoms with Crippen LogP contribution in [0.3, 0.4) is 0 Å². The Morgan fingerprint density at radius 1 is 1.13 bits per heavy atom. The van der Waals surface area contributed by atoms with Crippen molar-refractivity contribution in [2.75, 3.05) is 38.4 Å². The van der Waals surface area contributed by atoms with Crippen LogP contribution in [0.5, 0.6) is 11.5 Å². The molecule has 4 N–H and O–H groups in total. The molecule has 1 amide bonds. The molecule has 0 aliphatic heterocycles. The highest BCUT2D eigenvalue weighted by molar-refractivity contribution is 5.72. The first-order valence-corrected chi connectivity index (χ1v) is 7.49. The molecule has 1 aromatic rings. The van der Waals surface area contributed by atoms with Gasteiger partial charge >= 0.3 is 6.09 Å². The number of nitrogens with one attached hydrogen (secondary N) is 2. The number of carbonyl (C=O) groups is 1. The molecule has 1 rings (SSSR count). The highest BCUT2D eigenvalue weighted by Gasteiger charge is 2.15. The van der Waals surface area contributed by atoms with Crippen LogP contribution >= 0.6 is 0 Å². The maximum atomic E-state index is 11.5. The van der Waals surface area contributed by atoms with Crippen LogP contribution in [0.15, 0.2) is 12.1 Å². The molecule has 0 bridgehead atoms. The maximum Gasteiger partial charge on any atom is 0.407 e. The van der Waals surface area contributed by atoms with E-state index in [1.807, 2.05) is 20.8 Å². The van der Waals surface area contributed by atoms with Crippen LogP contribution in [0, 0.1) is 0 Å². The molecule has 0 aliphatic rings. The second-order valence-electron chi connectivity index (χ2n) is 6.00. The fourth-order valence-corrected chi connectivity index (χ4v) is 1.86. The topological polar surface area (TPSA) is 94.8 Å². The van der Waals surface area contributed by atoms with Crippen molar-refractivity contribution in [2.45, 2.75) is 32.8 Å². The Morgan fingerprint density at radius 2 is 1.74 bits per heavy atom. The van der Waals surface area contributed by atoms with Crippen molar-refractivity contribution >= 4 is 17.5 Å². The summed E-state index contributed by atoms with van der Waals surface area (Å²) in [7, 11) is 3.13. The van der Waals surface area contributed by atoms with Crippen molar-refractivity contribution in [3.63, 3.8) is 0 Å². The van der Waals surface area contributed by atoms with E-state index < -0.39 is 11.7 Å². The number of rotatable bonds is 7. The van der Waals surface area contributed by atoms with E-state index in [0.29, 0.717) is 30.3 Å². The largest absolute Gasteiger partial charge is 0.493 e. The maximum absolute atomic E-state index is 11.5. The summed E-state index contributed by atoms with van der Waals surface area (Å²) in [6.07, 6.45) is 0.315. The highest BCUT2D eigenvalue weighted by atomic mass is 16.6. The predicted molar refractivity (Wildman–Crippen MR) is 91.3 cm³/mol. The van der Waals surface area contributed by atoms with E-state index >= 15 is 0 Å². The van der Waals surface area contributed by atoms with Gasteiger partial charge in [0.1, 0.15) is 5.60 Å². The molecule has 0 unspecified atom stereocenters. The van der Waals surface area contributed by atoms with Crippen molar-refractivity contribution in [1.82, 2.24) is 5.32 Å². The quantitative estimate of drug-likeness (QED) is 0.527. The summed E-state index contributed by atoms with van der Waals surface area (Å²) in [5, 5.41) is 5.91. The third kappa shape index (κ3) is 6.54. The van der Waals surface area contributed by atoms with Gasteiger partial charge in [-0.2, -0.15) is 0 Å². The SMILES string of the molecule is COc1cc(N)c(NCCCNC(=O)OC(C)(C)C)cc1OC. The number of benzene rings is 1. The molecule has 0 atom stereocenters. The fraction of sp³-hybridized carbons (Fsp3) is 0.562. The van der Waals surface area contributed by atoms with Gasteiger partial charge in [-0.25, -0.2) is 4.79 Å². The number of nitrogen functional groups attached to an aromatic ring is 1. The summed E-state index contributed by atoms with van der Waals surface area (Å²) in [6, 6.07) is 3.50. The molecule has 0 saturated carbocycles. The van der Waals surface area contributed by atoms with Gasteiger partial charge in [0.2, 0.25) is 0 Å². The average Bonchev–Trinajstić information content (AvgIpc) is 2.46. The van der Waals surface area contributed by atoms with E-state index in [2.05, 4.69) is 10.6 Å². The second kappa shape index (κ2) is 8.36. The minimum absolute atomic E-state index is 0.414. The van der Waals surface area contributed by atoms with Crippen LogP contribution in [0.25, 0.3) is 0 Å². The van der Waals surface area contributed by atoms with Gasteiger partial charge in [0, 0.05) is 25.2 Å². The molecule has 0 radical (unpaired) electrons. The van der Waals surface area contributed by atoms with Gasteiger partial charge in [0.15, 0.2) is 11.5 Å². The first-order valence-electron chi connectivity index (χ1n) is 7.49. The molecule has 0 fully saturated rings. The second-order valence-corrected chi connectivity index (χ2v) is 6.00. The van der Waals surface area contributed by atoms with Crippen molar-refractivity contribution in [3.05, 3.63) is 12.1 Å². The molecule has 1 aromatic carbocycles. The Morgan fingerprint density at radius 3 is 2.30 bits per heavy atom. The van der Waals surface area contributed by atoms with Gasteiger partial charge < -0.3 is 30.6 Å². The van der Waals surface area contributed by atoms with Gasteiger partial charge in [-0.15, -0.1) is 0 Å². The number of alkyl carbamates (subject to hydrolysis) is 1. The number of hydrogen-bond donors (Lipinski definition) is 3. The molecular formula is C16H27N3O4. The highest BCUT2D eigenvalue weighted by Crippen LogP contribution is 2.34. The number of ether oxygens (including phenoxy) is 3. The number of anilines is 2. The molecule has 7 nitrogen and oxygen atoms in total. The zero-order valence-corrected chi connectivity index (χ0v) is 14.5. The minimum atomic E-state index is -0.490. The van der Waals surface area contributed by atoms with Crippen LogP contribution in [0.1, 0.15) is 27.2 Å². The van der Waals surface area contributed by atoms with Gasteiger partial charge in [-0.1, -0.05) is 0 Å². The standard InChI is InChI=1S/C16H27N3O4/c1-16(2,3)23-15(20)19-8-6-7-18-12-10-14(22-5)13(21-4)9-11(12)17/h9-10,18H,6-8,17H2,1-5H3,(H,19,20). The lowest BCUT2D eigenvalue weighted by molar-refractivity contribution is 0.0528. The number of hydrogen-bond acceptors (Lipinski definition) is 6. The predicted octanol–water partition coefficient (Wildman–Crippen LogP) is 2.61. The number of carbonyl (C=O) groups excluding carboxylic acids is 1. The van der Waals surface area contributed by atoms with Gasteiger partial charge in [-0.3, -0.25) is 0 Å². The van der Waals surface area contributed by atoms with Crippen LogP contribution in [-0.2, 0) is 4.74 Å². The Bertz CT molecular complexity index is 527. The monoisotopic (exact) mass is 325 g/mol. The molecular weight excluding hydrogens is 298 g/mol. The van der Waals surface area contributed by atoms with Crippen molar-refractivity contribution in [2.24, 2.45) is 0 Å². The summed E-state index contributed by atoms with van der Waals surface area (Å²) >= 11 is 0. The van der Waals surface area contributed by atoms with Gasteiger partial charge in [-0.05, 0) is 27.2 Å². The number of nitrogens with two attached hydrogens (primary N) is 1. The Kier molecular flexibility index (Phi) is 6.81. The molecule has 0 aromatic heterocycles. The molecule has 130 valence electrons. The summed E-state index contributed by atoms with van der Waals surface area (Å²) in [6.45, 7) is 6.64. The van der Waals surface area contributed by atoms with E-state index in [1.54, 1.807) is 26.4 Å². The summed E-state index contributed by atoms with van der Waals surface area (Å²) in [5.41, 5.74) is 6.81. The van der Waals surface area contributed by atoms with Crippen LogP contribution in [0.2, 0.25) is 0 Å². The fourth-order valence-electron chi connectivity index (χ4n) is 1.86. The third-order valence-corrected chi connectivity index (χ3v) is 2.89. The lowest BCUT2D eigenvalue weighted by Gasteiger charge is -2.19. The van der Waals surface area contributed by atoms with Crippen LogP contribution in [0.4, 0.5) is 16.2 Å². The first-order chi connectivity index (χ1) is 10.8. The van der Waals surface area contributed by atoms with Crippen molar-refractivity contribution < 1.29 is 19.0 Å². The van der Waals surface area contributed by atoms with E-state index in [-0.39, 0.29) is 0 Å². The van der Waals surface area contributed by atoms with Crippen molar-refractivity contribution in [3.8, 4) is 11.5 Å². The molecule has 23 heavy (non-hydrogen) atoms. The minimum Gasteiger partial charge on any atom is -0.493 e. The van der Waals surface area contributed by atoms with Gasteiger partial charge in [0.25, 0.3) is 0 Å². The lowest BCUT2D eigenvalue weighted by atomic mass is 10.2. The number of amides is 1. The Hall–Kier alpha value is -2.31. The zero-order valence-electron chi connectivity index (χ0n) is 14.5. The average molecular weight is 325 g/mol. The van der Waals surface area contributed by atoms with Gasteiger partial charge in [0.05, 0.1) is 25.6 Å². The molecule has 0 heterocycles. The van der Waals surface area contributed by atoms with Crippen LogP contribution in [-0.4, -0.2) is 39.0 Å². The van der Waals surface area contributed by atoms with E-state index in [9.17, 15) is 4.79 Å². The Labute approximate surface area is 137 Å². The molecule has 0 spiro atoms. The Balaban J connectivity index is 2.40. The number of methoxy groups -OCH3 is 2. The van der Waals surface area contributed by atoms with E-state index in [1.165, 1.54) is 0 Å². The smallest absolute Gasteiger partial charge is 0.407 e. The summed E-state index contributed by atoms with van der Waals surface area (Å²) < 4.78 is 15.6. The summed E-state index contributed by atoms with van der Waals surface area (Å²) in [4.78, 5) is 11.5. The molecule has 7 heteroatoms. The lowest BCUT2D eigenvalue weighted by Crippen LogP contribution is -2.33. The van der Waals surface area contributed by atoms with E-state index in [0.717, 1.165) is 12.1 Å². The zero-order chi connectivity index (χ0) is 17.5. The van der Waals surface area contributed by atoms with Crippen molar-refractivity contribution in [1.29, 1.82) is 0 Å².